The summed E-state index contributed by atoms with van der Waals surface area (Å²) in [5, 5.41) is 0.810. The summed E-state index contributed by atoms with van der Waals surface area (Å²) in [5.74, 6) is 0.996. The average Bonchev–Trinajstić information content (AvgIpc) is 2.74. The minimum Gasteiger partial charge on any atom is -0.368 e. The molecule has 4 rings (SSSR count). The molecule has 0 saturated carbocycles. The van der Waals surface area contributed by atoms with Gasteiger partial charge < -0.3 is 9.80 Å². The van der Waals surface area contributed by atoms with Crippen LogP contribution < -0.4 is 9.80 Å². The molecule has 1 fully saturated rings. The van der Waals surface area contributed by atoms with E-state index in [4.69, 9.17) is 11.6 Å². The molecular weight excluding hydrogens is 396 g/mol. The number of thioether (sulfide) groups is 1. The molecular formula is C25H27ClN2S. The third kappa shape index (κ3) is 4.91. The van der Waals surface area contributed by atoms with Crippen LogP contribution in [0, 0.1) is 13.8 Å². The Kier molecular flexibility index (Phi) is 6.37. The summed E-state index contributed by atoms with van der Waals surface area (Å²) < 4.78 is 0. The molecule has 0 atom stereocenters. The van der Waals surface area contributed by atoms with E-state index in [2.05, 4.69) is 84.3 Å². The molecule has 29 heavy (non-hydrogen) atoms. The van der Waals surface area contributed by atoms with Crippen molar-refractivity contribution < 1.29 is 0 Å². The lowest BCUT2D eigenvalue weighted by molar-refractivity contribution is 0.651. The van der Waals surface area contributed by atoms with Gasteiger partial charge in [0.2, 0.25) is 0 Å². The maximum Gasteiger partial charge on any atom is 0.0410 e. The molecule has 0 amide bonds. The molecule has 3 aromatic rings. The summed E-state index contributed by atoms with van der Waals surface area (Å²) in [6.07, 6.45) is 0. The largest absolute Gasteiger partial charge is 0.368 e. The van der Waals surface area contributed by atoms with E-state index in [1.807, 2.05) is 17.8 Å². The van der Waals surface area contributed by atoms with Gasteiger partial charge in [0.15, 0.2) is 0 Å². The Balaban J connectivity index is 1.42. The predicted octanol–water partition coefficient (Wildman–Crippen LogP) is 6.58. The van der Waals surface area contributed by atoms with Gasteiger partial charge >= 0.3 is 0 Å². The Morgan fingerprint density at radius 2 is 1.45 bits per heavy atom. The molecule has 1 saturated heterocycles. The van der Waals surface area contributed by atoms with Crippen LogP contribution in [0.3, 0.4) is 0 Å². The van der Waals surface area contributed by atoms with E-state index in [1.165, 1.54) is 33.0 Å². The molecule has 0 bridgehead atoms. The number of piperazine rings is 1. The molecule has 0 radical (unpaired) electrons. The smallest absolute Gasteiger partial charge is 0.0410 e. The Labute approximate surface area is 183 Å². The average molecular weight is 423 g/mol. The fourth-order valence-corrected chi connectivity index (χ4v) is 5.02. The van der Waals surface area contributed by atoms with Crippen molar-refractivity contribution in [2.24, 2.45) is 0 Å². The second-order valence-electron chi connectivity index (χ2n) is 7.64. The first-order valence-electron chi connectivity index (χ1n) is 10.1. The van der Waals surface area contributed by atoms with Gasteiger partial charge in [-0.3, -0.25) is 0 Å². The van der Waals surface area contributed by atoms with Crippen LogP contribution in [0.5, 0.6) is 0 Å². The van der Waals surface area contributed by atoms with Crippen molar-refractivity contribution in [1.82, 2.24) is 0 Å². The SMILES string of the molecule is Cc1ccc(SCc2ccccc2N2CCN(c3ccc(Cl)cc3C)CC2)cc1. The maximum absolute atomic E-state index is 6.13. The Hall–Kier alpha value is -2.10. The number of nitrogens with zero attached hydrogens (tertiary/aromatic N) is 2. The highest BCUT2D eigenvalue weighted by atomic mass is 35.5. The molecule has 1 heterocycles. The zero-order valence-electron chi connectivity index (χ0n) is 17.1. The van der Waals surface area contributed by atoms with Crippen molar-refractivity contribution in [2.45, 2.75) is 24.5 Å². The molecule has 0 N–H and O–H groups in total. The summed E-state index contributed by atoms with van der Waals surface area (Å²) in [6, 6.07) is 23.9. The fraction of sp³-hybridized carbons (Fsp3) is 0.280. The highest BCUT2D eigenvalue weighted by Gasteiger charge is 2.20. The number of aryl methyl sites for hydroxylation is 2. The topological polar surface area (TPSA) is 6.48 Å². The number of para-hydroxylation sites is 1. The maximum atomic E-state index is 6.13. The van der Waals surface area contributed by atoms with Crippen molar-refractivity contribution in [3.05, 3.63) is 88.4 Å². The molecule has 3 aromatic carbocycles. The zero-order chi connectivity index (χ0) is 20.2. The van der Waals surface area contributed by atoms with E-state index < -0.39 is 0 Å². The predicted molar refractivity (Wildman–Crippen MR) is 128 cm³/mol. The highest BCUT2D eigenvalue weighted by Crippen LogP contribution is 2.31. The Bertz CT molecular complexity index is 963. The fourth-order valence-electron chi connectivity index (χ4n) is 3.90. The van der Waals surface area contributed by atoms with Crippen molar-refractivity contribution in [1.29, 1.82) is 0 Å². The van der Waals surface area contributed by atoms with E-state index in [9.17, 15) is 0 Å². The lowest BCUT2D eigenvalue weighted by Gasteiger charge is -2.38. The molecule has 0 aliphatic carbocycles. The Morgan fingerprint density at radius 3 is 2.14 bits per heavy atom. The quantitative estimate of drug-likeness (QED) is 0.429. The summed E-state index contributed by atoms with van der Waals surface area (Å²) >= 11 is 8.04. The van der Waals surface area contributed by atoms with E-state index in [0.29, 0.717) is 0 Å². The minimum atomic E-state index is 0.810. The van der Waals surface area contributed by atoms with Gasteiger partial charge in [-0.25, -0.2) is 0 Å². The van der Waals surface area contributed by atoms with Gasteiger partial charge in [0.25, 0.3) is 0 Å². The van der Waals surface area contributed by atoms with Crippen LogP contribution in [0.15, 0.2) is 71.6 Å². The molecule has 0 spiro atoms. The third-order valence-corrected chi connectivity index (χ3v) is 6.82. The van der Waals surface area contributed by atoms with Gasteiger partial charge in [0.1, 0.15) is 0 Å². The summed E-state index contributed by atoms with van der Waals surface area (Å²) in [4.78, 5) is 6.34. The van der Waals surface area contributed by atoms with Crippen LogP contribution in [0.1, 0.15) is 16.7 Å². The minimum absolute atomic E-state index is 0.810. The van der Waals surface area contributed by atoms with Gasteiger partial charge in [-0.2, -0.15) is 0 Å². The van der Waals surface area contributed by atoms with E-state index >= 15 is 0 Å². The number of rotatable bonds is 5. The molecule has 0 aromatic heterocycles. The molecule has 1 aliphatic rings. The Morgan fingerprint density at radius 1 is 0.793 bits per heavy atom. The van der Waals surface area contributed by atoms with Crippen molar-refractivity contribution in [3.8, 4) is 0 Å². The summed E-state index contributed by atoms with van der Waals surface area (Å²) in [7, 11) is 0. The molecule has 2 nitrogen and oxygen atoms in total. The van der Waals surface area contributed by atoms with E-state index in [0.717, 1.165) is 37.0 Å². The first-order chi connectivity index (χ1) is 14.1. The van der Waals surface area contributed by atoms with Crippen molar-refractivity contribution in [2.75, 3.05) is 36.0 Å². The molecule has 4 heteroatoms. The number of anilines is 2. The van der Waals surface area contributed by atoms with Crippen molar-refractivity contribution >= 4 is 34.7 Å². The monoisotopic (exact) mass is 422 g/mol. The van der Waals surface area contributed by atoms with Crippen LogP contribution in [0.4, 0.5) is 11.4 Å². The zero-order valence-corrected chi connectivity index (χ0v) is 18.6. The first-order valence-corrected chi connectivity index (χ1v) is 11.5. The van der Waals surface area contributed by atoms with E-state index in [1.54, 1.807) is 0 Å². The molecule has 0 unspecified atom stereocenters. The van der Waals surface area contributed by atoms with Gasteiger partial charge in [-0.05, 0) is 61.4 Å². The normalized spacial score (nSPS) is 14.3. The highest BCUT2D eigenvalue weighted by molar-refractivity contribution is 7.98. The van der Waals surface area contributed by atoms with Crippen LogP contribution in [0.25, 0.3) is 0 Å². The molecule has 1 aliphatic heterocycles. The van der Waals surface area contributed by atoms with Gasteiger partial charge in [0.05, 0.1) is 0 Å². The van der Waals surface area contributed by atoms with Crippen molar-refractivity contribution in [3.63, 3.8) is 0 Å². The lowest BCUT2D eigenvalue weighted by atomic mass is 10.1. The first kappa shape index (κ1) is 20.2. The van der Waals surface area contributed by atoms with Gasteiger partial charge in [0, 0.05) is 53.2 Å². The van der Waals surface area contributed by atoms with Crippen LogP contribution in [-0.2, 0) is 5.75 Å². The second kappa shape index (κ2) is 9.15. The molecule has 150 valence electrons. The number of hydrogen-bond donors (Lipinski definition) is 0. The second-order valence-corrected chi connectivity index (χ2v) is 9.12. The van der Waals surface area contributed by atoms with E-state index in [-0.39, 0.29) is 0 Å². The lowest BCUT2D eigenvalue weighted by Crippen LogP contribution is -2.47. The number of halogens is 1. The van der Waals surface area contributed by atoms with Gasteiger partial charge in [-0.15, -0.1) is 11.8 Å². The summed E-state index contributed by atoms with van der Waals surface area (Å²) in [6.45, 7) is 8.41. The third-order valence-electron chi connectivity index (χ3n) is 5.53. The van der Waals surface area contributed by atoms with Crippen LogP contribution in [-0.4, -0.2) is 26.2 Å². The van der Waals surface area contributed by atoms with Gasteiger partial charge in [-0.1, -0.05) is 47.5 Å². The number of hydrogen-bond acceptors (Lipinski definition) is 3. The number of benzene rings is 3. The van der Waals surface area contributed by atoms with Crippen LogP contribution >= 0.6 is 23.4 Å². The summed E-state index contributed by atoms with van der Waals surface area (Å²) in [5.41, 5.74) is 6.65. The standard InChI is InChI=1S/C25H27ClN2S/c1-19-7-10-23(11-8-19)29-18-21-5-3-4-6-25(21)28-15-13-27(14-16-28)24-12-9-22(26)17-20(24)2/h3-12,17H,13-16,18H2,1-2H3. The van der Waals surface area contributed by atoms with Crippen LogP contribution in [0.2, 0.25) is 5.02 Å².